The van der Waals surface area contributed by atoms with Gasteiger partial charge in [-0.25, -0.2) is 13.6 Å². The zero-order valence-corrected chi connectivity index (χ0v) is 14.9. The number of ether oxygens (including phenoxy) is 1. The molecule has 2 rings (SSSR count). The Morgan fingerprint density at radius 3 is 2.30 bits per heavy atom. The molecule has 0 saturated carbocycles. The minimum Gasteiger partial charge on any atom is -0.482 e. The first-order chi connectivity index (χ1) is 13.0. The van der Waals surface area contributed by atoms with Crippen LogP contribution in [0.15, 0.2) is 47.4 Å². The van der Waals surface area contributed by atoms with E-state index in [1.54, 1.807) is 24.3 Å². The Morgan fingerprint density at radius 2 is 1.74 bits per heavy atom. The molecule has 4 N–H and O–H groups in total. The maximum absolute atomic E-state index is 14.2. The smallest absolute Gasteiger partial charge is 0.349 e. The standard InChI is InChI=1S/C18H17F3N2O3S/c19-13-8-11(6-7-16(24)26-21)9-14(20)18(13)25-10-15(27-23)17(22)12-4-2-1-3-5-12/h1-5,8-9H,6-7,10,22-23H2/b17-15-. The molecule has 0 aliphatic carbocycles. The van der Waals surface area contributed by atoms with Gasteiger partial charge in [0.25, 0.3) is 0 Å². The number of aryl methyl sites for hydroxylation is 1. The Labute approximate surface area is 158 Å². The van der Waals surface area contributed by atoms with Crippen LogP contribution in [0.5, 0.6) is 5.75 Å². The van der Waals surface area contributed by atoms with Gasteiger partial charge in [-0.2, -0.15) is 0 Å². The van der Waals surface area contributed by atoms with Gasteiger partial charge >= 0.3 is 5.97 Å². The highest BCUT2D eigenvalue weighted by Crippen LogP contribution is 2.27. The second-order valence-electron chi connectivity index (χ2n) is 5.45. The van der Waals surface area contributed by atoms with E-state index in [1.807, 2.05) is 6.07 Å². The Balaban J connectivity index is 2.13. The van der Waals surface area contributed by atoms with E-state index in [9.17, 15) is 18.1 Å². The molecule has 0 aliphatic heterocycles. The molecule has 0 aliphatic rings. The Kier molecular flexibility index (Phi) is 7.56. The van der Waals surface area contributed by atoms with E-state index in [-0.39, 0.29) is 25.0 Å². The van der Waals surface area contributed by atoms with Crippen molar-refractivity contribution < 1.29 is 27.8 Å². The van der Waals surface area contributed by atoms with Gasteiger partial charge in [-0.05, 0) is 41.6 Å². The molecule has 0 aromatic heterocycles. The molecule has 5 nitrogen and oxygen atoms in total. The molecule has 27 heavy (non-hydrogen) atoms. The van der Waals surface area contributed by atoms with Crippen molar-refractivity contribution >= 4 is 23.6 Å². The molecular weight excluding hydrogens is 381 g/mol. The van der Waals surface area contributed by atoms with Crippen molar-refractivity contribution in [3.05, 3.63) is 70.1 Å². The molecule has 0 fully saturated rings. The molecule has 144 valence electrons. The lowest BCUT2D eigenvalue weighted by Crippen LogP contribution is -2.10. The SMILES string of the molecule is NS/C(COc1c(F)cc(CCC(=O)OF)cc1F)=C(\N)c1ccccc1. The van der Waals surface area contributed by atoms with E-state index in [0.29, 0.717) is 16.2 Å². The number of hydrogen-bond donors (Lipinski definition) is 2. The first-order valence-corrected chi connectivity index (χ1v) is 8.67. The van der Waals surface area contributed by atoms with Crippen molar-refractivity contribution in [2.45, 2.75) is 12.8 Å². The van der Waals surface area contributed by atoms with Gasteiger partial charge < -0.3 is 10.5 Å². The maximum Gasteiger partial charge on any atom is 0.349 e. The number of halogens is 3. The fourth-order valence-corrected chi connectivity index (χ4v) is 2.64. The molecule has 0 radical (unpaired) electrons. The zero-order chi connectivity index (χ0) is 19.8. The Hall–Kier alpha value is -2.65. The second-order valence-corrected chi connectivity index (χ2v) is 6.18. The third kappa shape index (κ3) is 5.66. The molecule has 0 unspecified atom stereocenters. The van der Waals surface area contributed by atoms with Gasteiger partial charge in [0.15, 0.2) is 17.4 Å². The molecule has 0 bridgehead atoms. The van der Waals surface area contributed by atoms with Crippen LogP contribution in [0, 0.1) is 11.6 Å². The predicted octanol–water partition coefficient (Wildman–Crippen LogP) is 3.64. The van der Waals surface area contributed by atoms with Crippen molar-refractivity contribution in [1.29, 1.82) is 0 Å². The van der Waals surface area contributed by atoms with Crippen LogP contribution in [0.4, 0.5) is 13.3 Å². The number of carbonyl (C=O) groups excluding carboxylic acids is 1. The highest BCUT2D eigenvalue weighted by Gasteiger charge is 2.16. The van der Waals surface area contributed by atoms with Crippen LogP contribution in [0.1, 0.15) is 17.5 Å². The summed E-state index contributed by atoms with van der Waals surface area (Å²) < 4.78 is 45.2. The lowest BCUT2D eigenvalue weighted by molar-refractivity contribution is -0.183. The summed E-state index contributed by atoms with van der Waals surface area (Å²) in [5.74, 6) is -3.64. The summed E-state index contributed by atoms with van der Waals surface area (Å²) in [6, 6.07) is 10.9. The van der Waals surface area contributed by atoms with Gasteiger partial charge in [0.2, 0.25) is 0 Å². The van der Waals surface area contributed by atoms with Crippen LogP contribution < -0.4 is 15.6 Å². The molecule has 0 amide bonds. The number of carbonyl (C=O) groups is 1. The van der Waals surface area contributed by atoms with Gasteiger partial charge in [-0.1, -0.05) is 30.3 Å². The lowest BCUT2D eigenvalue weighted by Gasteiger charge is -2.13. The third-order valence-corrected chi connectivity index (χ3v) is 4.26. The molecule has 0 heterocycles. The average molecular weight is 398 g/mol. The molecular formula is C18H17F3N2O3S. The van der Waals surface area contributed by atoms with E-state index >= 15 is 0 Å². The highest BCUT2D eigenvalue weighted by molar-refractivity contribution is 8.01. The summed E-state index contributed by atoms with van der Waals surface area (Å²) in [5, 5.41) is 5.59. The van der Waals surface area contributed by atoms with Crippen molar-refractivity contribution in [3.63, 3.8) is 0 Å². The fourth-order valence-electron chi connectivity index (χ4n) is 2.27. The van der Waals surface area contributed by atoms with Crippen molar-refractivity contribution in [2.24, 2.45) is 10.9 Å². The molecule has 0 atom stereocenters. The van der Waals surface area contributed by atoms with Gasteiger partial charge in [0.05, 0.1) is 17.0 Å². The minimum absolute atomic E-state index is 0.0817. The van der Waals surface area contributed by atoms with Crippen LogP contribution in [-0.4, -0.2) is 12.6 Å². The molecule has 2 aromatic carbocycles. The number of nitrogens with two attached hydrogens (primary N) is 2. The van der Waals surface area contributed by atoms with Crippen molar-refractivity contribution in [1.82, 2.24) is 0 Å². The summed E-state index contributed by atoms with van der Waals surface area (Å²) >= 11 is 0.819. The Morgan fingerprint density at radius 1 is 1.11 bits per heavy atom. The summed E-state index contributed by atoms with van der Waals surface area (Å²) in [6.45, 7) is -0.233. The summed E-state index contributed by atoms with van der Waals surface area (Å²) in [5.41, 5.74) is 7.23. The number of rotatable bonds is 8. The first-order valence-electron chi connectivity index (χ1n) is 7.79. The first kappa shape index (κ1) is 20.7. The van der Waals surface area contributed by atoms with Gasteiger partial charge in [-0.3, -0.25) is 10.1 Å². The van der Waals surface area contributed by atoms with Gasteiger partial charge in [0, 0.05) is 4.53 Å². The quantitative estimate of drug-likeness (QED) is 0.660. The summed E-state index contributed by atoms with van der Waals surface area (Å²) in [7, 11) is 0. The summed E-state index contributed by atoms with van der Waals surface area (Å²) in [6.07, 6.45) is -0.429. The minimum atomic E-state index is -1.12. The predicted molar refractivity (Wildman–Crippen MR) is 96.7 cm³/mol. The topological polar surface area (TPSA) is 87.6 Å². The number of hydrogen-bond acceptors (Lipinski definition) is 6. The normalized spacial score (nSPS) is 11.7. The zero-order valence-electron chi connectivity index (χ0n) is 14.1. The van der Waals surface area contributed by atoms with Crippen LogP contribution in [0.3, 0.4) is 0 Å². The monoisotopic (exact) mass is 398 g/mol. The van der Waals surface area contributed by atoms with Crippen LogP contribution >= 0.6 is 11.9 Å². The summed E-state index contributed by atoms with van der Waals surface area (Å²) in [4.78, 5) is 14.2. The van der Waals surface area contributed by atoms with E-state index in [1.165, 1.54) is 0 Å². The molecule has 9 heteroatoms. The maximum atomic E-state index is 14.2. The molecule has 2 aromatic rings. The van der Waals surface area contributed by atoms with E-state index < -0.39 is 23.4 Å². The average Bonchev–Trinajstić information content (AvgIpc) is 2.68. The Bertz CT molecular complexity index is 809. The van der Waals surface area contributed by atoms with E-state index in [4.69, 9.17) is 15.6 Å². The largest absolute Gasteiger partial charge is 0.482 e. The molecule has 0 saturated heterocycles. The second kappa shape index (κ2) is 9.89. The number of benzene rings is 2. The molecule has 0 spiro atoms. The third-order valence-electron chi connectivity index (χ3n) is 3.64. The van der Waals surface area contributed by atoms with Crippen LogP contribution in [-0.2, 0) is 16.2 Å². The van der Waals surface area contributed by atoms with Gasteiger partial charge in [0.1, 0.15) is 6.61 Å². The fraction of sp³-hybridized carbons (Fsp3) is 0.167. The van der Waals surface area contributed by atoms with Gasteiger partial charge in [-0.15, -0.1) is 0 Å². The highest BCUT2D eigenvalue weighted by atomic mass is 32.2. The van der Waals surface area contributed by atoms with E-state index in [2.05, 4.69) is 4.94 Å². The van der Waals surface area contributed by atoms with Crippen molar-refractivity contribution in [2.75, 3.05) is 6.61 Å². The van der Waals surface area contributed by atoms with Crippen LogP contribution in [0.25, 0.3) is 5.70 Å². The van der Waals surface area contributed by atoms with E-state index in [0.717, 1.165) is 24.1 Å². The van der Waals surface area contributed by atoms with Crippen LogP contribution in [0.2, 0.25) is 0 Å². The van der Waals surface area contributed by atoms with Crippen molar-refractivity contribution in [3.8, 4) is 5.75 Å². The lowest BCUT2D eigenvalue weighted by atomic mass is 10.1.